The SMILES string of the molecule is Cc1cccc(O[C@H](C)C(=O)Nc2cccc(Oc3ccccc3)c2)c1. The second-order valence-electron chi connectivity index (χ2n) is 6.01. The second-order valence-corrected chi connectivity index (χ2v) is 6.01. The summed E-state index contributed by atoms with van der Waals surface area (Å²) in [6.07, 6.45) is -0.615. The highest BCUT2D eigenvalue weighted by atomic mass is 16.5. The van der Waals surface area contributed by atoms with Crippen LogP contribution in [0.1, 0.15) is 12.5 Å². The molecule has 0 aliphatic carbocycles. The molecule has 4 nitrogen and oxygen atoms in total. The van der Waals surface area contributed by atoms with E-state index in [0.29, 0.717) is 17.2 Å². The summed E-state index contributed by atoms with van der Waals surface area (Å²) in [5, 5.41) is 2.86. The Bertz CT molecular complexity index is 877. The van der Waals surface area contributed by atoms with Crippen molar-refractivity contribution in [2.75, 3.05) is 5.32 Å². The average Bonchev–Trinajstić information content (AvgIpc) is 2.63. The van der Waals surface area contributed by atoms with Gasteiger partial charge in [0, 0.05) is 11.8 Å². The van der Waals surface area contributed by atoms with Crippen LogP contribution in [0.4, 0.5) is 5.69 Å². The van der Waals surface area contributed by atoms with E-state index >= 15 is 0 Å². The Balaban J connectivity index is 1.62. The quantitative estimate of drug-likeness (QED) is 0.667. The van der Waals surface area contributed by atoms with Crippen molar-refractivity contribution >= 4 is 11.6 Å². The molecule has 132 valence electrons. The normalized spacial score (nSPS) is 11.5. The molecule has 0 spiro atoms. The molecule has 0 aliphatic rings. The van der Waals surface area contributed by atoms with Crippen LogP contribution in [0.3, 0.4) is 0 Å². The number of anilines is 1. The number of carbonyl (C=O) groups excluding carboxylic acids is 1. The van der Waals surface area contributed by atoms with Crippen LogP contribution in [-0.4, -0.2) is 12.0 Å². The Kier molecular flexibility index (Phi) is 5.54. The number of amides is 1. The van der Waals surface area contributed by atoms with Gasteiger partial charge in [0.15, 0.2) is 6.10 Å². The predicted molar refractivity (Wildman–Crippen MR) is 103 cm³/mol. The minimum Gasteiger partial charge on any atom is -0.481 e. The van der Waals surface area contributed by atoms with Crippen LogP contribution in [-0.2, 0) is 4.79 Å². The minimum absolute atomic E-state index is 0.219. The number of aryl methyl sites for hydroxylation is 1. The van der Waals surface area contributed by atoms with Crippen molar-refractivity contribution in [3.05, 3.63) is 84.4 Å². The maximum atomic E-state index is 12.4. The molecule has 1 amide bonds. The molecule has 0 bridgehead atoms. The van der Waals surface area contributed by atoms with E-state index in [1.165, 1.54) is 0 Å². The summed E-state index contributed by atoms with van der Waals surface area (Å²) < 4.78 is 11.5. The monoisotopic (exact) mass is 347 g/mol. The minimum atomic E-state index is -0.615. The molecule has 3 aromatic carbocycles. The number of para-hydroxylation sites is 1. The van der Waals surface area contributed by atoms with E-state index in [-0.39, 0.29) is 5.91 Å². The first-order valence-corrected chi connectivity index (χ1v) is 8.47. The fourth-order valence-corrected chi connectivity index (χ4v) is 2.45. The summed E-state index contributed by atoms with van der Waals surface area (Å²) in [5.41, 5.74) is 1.74. The van der Waals surface area contributed by atoms with Gasteiger partial charge in [0.2, 0.25) is 0 Å². The Morgan fingerprint density at radius 1 is 0.846 bits per heavy atom. The highest BCUT2D eigenvalue weighted by molar-refractivity contribution is 5.94. The summed E-state index contributed by atoms with van der Waals surface area (Å²) in [6.45, 7) is 3.71. The van der Waals surface area contributed by atoms with Crippen molar-refractivity contribution in [2.45, 2.75) is 20.0 Å². The van der Waals surface area contributed by atoms with Gasteiger partial charge in [0.25, 0.3) is 5.91 Å². The van der Waals surface area contributed by atoms with Crippen LogP contribution in [0.15, 0.2) is 78.9 Å². The number of rotatable bonds is 6. The van der Waals surface area contributed by atoms with Crippen LogP contribution in [0.2, 0.25) is 0 Å². The molecule has 0 saturated heterocycles. The van der Waals surface area contributed by atoms with Crippen molar-refractivity contribution in [3.63, 3.8) is 0 Å². The molecular weight excluding hydrogens is 326 g/mol. The molecule has 0 saturated carbocycles. The van der Waals surface area contributed by atoms with Gasteiger partial charge >= 0.3 is 0 Å². The molecule has 0 fully saturated rings. The van der Waals surface area contributed by atoms with Gasteiger partial charge in [-0.25, -0.2) is 0 Å². The molecule has 0 radical (unpaired) electrons. The molecule has 0 aliphatic heterocycles. The number of benzene rings is 3. The summed E-state index contributed by atoms with van der Waals surface area (Å²) in [7, 11) is 0. The van der Waals surface area contributed by atoms with Crippen molar-refractivity contribution < 1.29 is 14.3 Å². The van der Waals surface area contributed by atoms with Gasteiger partial charge in [-0.2, -0.15) is 0 Å². The van der Waals surface area contributed by atoms with E-state index in [2.05, 4.69) is 5.32 Å². The molecule has 1 atom stereocenters. The van der Waals surface area contributed by atoms with Gasteiger partial charge in [-0.05, 0) is 55.8 Å². The lowest BCUT2D eigenvalue weighted by atomic mass is 10.2. The summed E-state index contributed by atoms with van der Waals surface area (Å²) in [4.78, 5) is 12.4. The lowest BCUT2D eigenvalue weighted by Crippen LogP contribution is -2.30. The molecule has 0 aromatic heterocycles. The van der Waals surface area contributed by atoms with Crippen molar-refractivity contribution in [1.29, 1.82) is 0 Å². The smallest absolute Gasteiger partial charge is 0.265 e. The van der Waals surface area contributed by atoms with Crippen molar-refractivity contribution in [3.8, 4) is 17.2 Å². The molecule has 3 rings (SSSR count). The molecular formula is C22H21NO3. The standard InChI is InChI=1S/C22H21NO3/c1-16-8-6-12-20(14-16)25-17(2)22(24)23-18-9-7-13-21(15-18)26-19-10-4-3-5-11-19/h3-15,17H,1-2H3,(H,23,24)/t17-/m1/s1. The Hall–Kier alpha value is -3.27. The van der Waals surface area contributed by atoms with Crippen LogP contribution in [0.5, 0.6) is 17.2 Å². The van der Waals surface area contributed by atoms with Crippen LogP contribution >= 0.6 is 0 Å². The zero-order valence-corrected chi connectivity index (χ0v) is 14.8. The average molecular weight is 347 g/mol. The van der Waals surface area contributed by atoms with Crippen LogP contribution in [0.25, 0.3) is 0 Å². The lowest BCUT2D eigenvalue weighted by Gasteiger charge is -2.15. The predicted octanol–water partition coefficient (Wildman–Crippen LogP) is 5.19. The third kappa shape index (κ3) is 4.86. The highest BCUT2D eigenvalue weighted by Gasteiger charge is 2.15. The zero-order chi connectivity index (χ0) is 18.4. The van der Waals surface area contributed by atoms with E-state index in [9.17, 15) is 4.79 Å². The fourth-order valence-electron chi connectivity index (χ4n) is 2.45. The Morgan fingerprint density at radius 3 is 2.31 bits per heavy atom. The first-order chi connectivity index (χ1) is 12.6. The zero-order valence-electron chi connectivity index (χ0n) is 14.8. The topological polar surface area (TPSA) is 47.6 Å². The van der Waals surface area contributed by atoms with Crippen molar-refractivity contribution in [2.24, 2.45) is 0 Å². The molecule has 3 aromatic rings. The van der Waals surface area contributed by atoms with E-state index < -0.39 is 6.10 Å². The molecule has 0 heterocycles. The van der Waals surface area contributed by atoms with Gasteiger partial charge in [-0.15, -0.1) is 0 Å². The van der Waals surface area contributed by atoms with Gasteiger partial charge in [-0.3, -0.25) is 4.79 Å². The molecule has 1 N–H and O–H groups in total. The highest BCUT2D eigenvalue weighted by Crippen LogP contribution is 2.24. The summed E-state index contributed by atoms with van der Waals surface area (Å²) in [6, 6.07) is 24.4. The second kappa shape index (κ2) is 8.21. The van der Waals surface area contributed by atoms with Gasteiger partial charge in [0.05, 0.1) is 0 Å². The fraction of sp³-hybridized carbons (Fsp3) is 0.136. The van der Waals surface area contributed by atoms with E-state index in [4.69, 9.17) is 9.47 Å². The Labute approximate surface area is 153 Å². The van der Waals surface area contributed by atoms with E-state index in [1.807, 2.05) is 79.7 Å². The number of ether oxygens (including phenoxy) is 2. The number of nitrogens with one attached hydrogen (secondary N) is 1. The molecule has 4 heteroatoms. The first-order valence-electron chi connectivity index (χ1n) is 8.47. The largest absolute Gasteiger partial charge is 0.481 e. The van der Waals surface area contributed by atoms with Gasteiger partial charge in [-0.1, -0.05) is 36.4 Å². The number of hydrogen-bond acceptors (Lipinski definition) is 3. The maximum absolute atomic E-state index is 12.4. The van der Waals surface area contributed by atoms with Gasteiger partial charge in [0.1, 0.15) is 17.2 Å². The van der Waals surface area contributed by atoms with Gasteiger partial charge < -0.3 is 14.8 Å². The van der Waals surface area contributed by atoms with E-state index in [1.54, 1.807) is 13.0 Å². The summed E-state index contributed by atoms with van der Waals surface area (Å²) >= 11 is 0. The first kappa shape index (κ1) is 17.5. The third-order valence-electron chi connectivity index (χ3n) is 3.75. The third-order valence-corrected chi connectivity index (χ3v) is 3.75. The number of hydrogen-bond donors (Lipinski definition) is 1. The molecule has 26 heavy (non-hydrogen) atoms. The van der Waals surface area contributed by atoms with Crippen LogP contribution < -0.4 is 14.8 Å². The number of carbonyl (C=O) groups is 1. The molecule has 0 unspecified atom stereocenters. The van der Waals surface area contributed by atoms with Crippen LogP contribution in [0, 0.1) is 6.92 Å². The summed E-state index contributed by atoms with van der Waals surface area (Å²) in [5.74, 6) is 1.85. The van der Waals surface area contributed by atoms with Crippen molar-refractivity contribution in [1.82, 2.24) is 0 Å². The lowest BCUT2D eigenvalue weighted by molar-refractivity contribution is -0.122. The Morgan fingerprint density at radius 2 is 1.54 bits per heavy atom. The maximum Gasteiger partial charge on any atom is 0.265 e. The van der Waals surface area contributed by atoms with E-state index in [0.717, 1.165) is 11.3 Å².